The van der Waals surface area contributed by atoms with Gasteiger partial charge in [0.2, 0.25) is 23.6 Å². The molecule has 0 bridgehead atoms. The predicted molar refractivity (Wildman–Crippen MR) is 151 cm³/mol. The van der Waals surface area contributed by atoms with Gasteiger partial charge < -0.3 is 47.7 Å². The van der Waals surface area contributed by atoms with Crippen LogP contribution in [0.4, 0.5) is 0 Å². The van der Waals surface area contributed by atoms with Crippen molar-refractivity contribution >= 4 is 46.5 Å². The van der Waals surface area contributed by atoms with Crippen LogP contribution in [0.15, 0.2) is 54.7 Å². The van der Waals surface area contributed by atoms with Gasteiger partial charge in [0.05, 0.1) is 18.9 Å². The van der Waals surface area contributed by atoms with Crippen LogP contribution in [0.1, 0.15) is 24.0 Å². The van der Waals surface area contributed by atoms with Gasteiger partial charge in [-0.25, -0.2) is 4.79 Å². The maximum absolute atomic E-state index is 13.4. The van der Waals surface area contributed by atoms with E-state index in [1.807, 2.05) is 0 Å². The maximum atomic E-state index is 13.4. The molecule has 43 heavy (non-hydrogen) atoms. The number of benzene rings is 2. The summed E-state index contributed by atoms with van der Waals surface area (Å²) in [5.41, 5.74) is 12.7. The monoisotopic (exact) mass is 596 g/mol. The number of nitrogens with one attached hydrogen (secondary N) is 4. The average molecular weight is 597 g/mol. The van der Waals surface area contributed by atoms with Crippen molar-refractivity contribution in [1.82, 2.24) is 20.9 Å². The number of carboxylic acids is 2. The molecule has 0 aliphatic carbocycles. The average Bonchev–Trinajstić information content (AvgIpc) is 3.35. The second-order valence-electron chi connectivity index (χ2n) is 9.83. The Balaban J connectivity index is 1.83. The molecule has 4 atom stereocenters. The van der Waals surface area contributed by atoms with E-state index in [-0.39, 0.29) is 18.6 Å². The Bertz CT molecular complexity index is 1500. The second kappa shape index (κ2) is 14.5. The van der Waals surface area contributed by atoms with E-state index in [2.05, 4.69) is 20.9 Å². The van der Waals surface area contributed by atoms with Crippen LogP contribution in [0, 0.1) is 0 Å². The van der Waals surface area contributed by atoms with Crippen molar-refractivity contribution in [2.24, 2.45) is 11.5 Å². The summed E-state index contributed by atoms with van der Waals surface area (Å²) in [5.74, 6) is -6.73. The third kappa shape index (κ3) is 9.29. The molecule has 1 heterocycles. The lowest BCUT2D eigenvalue weighted by Crippen LogP contribution is -2.58. The fourth-order valence-corrected chi connectivity index (χ4v) is 4.31. The van der Waals surface area contributed by atoms with E-state index in [1.54, 1.807) is 30.5 Å². The molecule has 2 aromatic carbocycles. The molecule has 0 aliphatic rings. The number of phenolic OH excluding ortho intramolecular Hbond substituents is 1. The number of nitrogens with two attached hydrogens (primary N) is 2. The highest BCUT2D eigenvalue weighted by Gasteiger charge is 2.32. The Morgan fingerprint density at radius 1 is 0.767 bits per heavy atom. The molecule has 15 nitrogen and oxygen atoms in total. The first kappa shape index (κ1) is 32.1. The Labute approximate surface area is 244 Å². The lowest BCUT2D eigenvalue weighted by Gasteiger charge is -2.24. The van der Waals surface area contributed by atoms with E-state index in [1.165, 1.54) is 24.3 Å². The molecule has 4 amide bonds. The molecule has 0 fully saturated rings. The fraction of sp³-hybridized carbons (Fsp3) is 0.286. The van der Waals surface area contributed by atoms with Gasteiger partial charge in [-0.2, -0.15) is 0 Å². The highest BCUT2D eigenvalue weighted by molar-refractivity contribution is 5.97. The first-order valence-corrected chi connectivity index (χ1v) is 13.1. The molecule has 0 saturated heterocycles. The molecule has 1 aromatic heterocycles. The zero-order valence-corrected chi connectivity index (χ0v) is 22.8. The van der Waals surface area contributed by atoms with Gasteiger partial charge in [0, 0.05) is 29.9 Å². The second-order valence-corrected chi connectivity index (χ2v) is 9.83. The first-order valence-electron chi connectivity index (χ1n) is 13.1. The van der Waals surface area contributed by atoms with Crippen molar-refractivity contribution in [3.63, 3.8) is 0 Å². The molecular formula is C28H32N6O9. The van der Waals surface area contributed by atoms with Crippen LogP contribution in [0.3, 0.4) is 0 Å². The molecule has 228 valence electrons. The Morgan fingerprint density at radius 2 is 1.37 bits per heavy atom. The van der Waals surface area contributed by atoms with E-state index >= 15 is 0 Å². The number of hydrogen-bond acceptors (Lipinski definition) is 8. The van der Waals surface area contributed by atoms with Gasteiger partial charge >= 0.3 is 11.9 Å². The maximum Gasteiger partial charge on any atom is 0.326 e. The third-order valence-electron chi connectivity index (χ3n) is 6.49. The number of carboxylic acid groups (broad SMARTS) is 2. The number of aromatic amines is 1. The number of fused-ring (bicyclic) bond motifs is 1. The highest BCUT2D eigenvalue weighted by Crippen LogP contribution is 2.19. The molecule has 3 rings (SSSR count). The number of hydrogen-bond donors (Lipinski definition) is 9. The third-order valence-corrected chi connectivity index (χ3v) is 6.49. The number of phenols is 1. The molecule has 0 radical (unpaired) electrons. The number of carbonyl (C=O) groups is 6. The van der Waals surface area contributed by atoms with E-state index in [9.17, 15) is 44.1 Å². The van der Waals surface area contributed by atoms with E-state index in [4.69, 9.17) is 11.5 Å². The quantitative estimate of drug-likeness (QED) is 0.102. The van der Waals surface area contributed by atoms with Crippen LogP contribution in [0.25, 0.3) is 10.9 Å². The number of H-pyrrole nitrogens is 1. The normalized spacial score (nSPS) is 13.7. The fourth-order valence-electron chi connectivity index (χ4n) is 4.31. The number of aliphatic carboxylic acids is 2. The minimum Gasteiger partial charge on any atom is -0.508 e. The predicted octanol–water partition coefficient (Wildman–Crippen LogP) is -1.12. The minimum atomic E-state index is -1.73. The topological polar surface area (TPSA) is 267 Å². The van der Waals surface area contributed by atoms with Crippen molar-refractivity contribution in [3.8, 4) is 5.75 Å². The van der Waals surface area contributed by atoms with Crippen LogP contribution in [-0.4, -0.2) is 80.0 Å². The molecule has 15 heteroatoms. The van der Waals surface area contributed by atoms with Gasteiger partial charge in [-0.1, -0.05) is 30.3 Å². The Hall–Kier alpha value is -5.44. The molecule has 0 aliphatic heterocycles. The van der Waals surface area contributed by atoms with Crippen LogP contribution in [0.2, 0.25) is 0 Å². The Kier molecular flexibility index (Phi) is 10.8. The van der Waals surface area contributed by atoms with E-state index < -0.39 is 72.6 Å². The molecule has 11 N–H and O–H groups in total. The van der Waals surface area contributed by atoms with Crippen LogP contribution in [-0.2, 0) is 41.6 Å². The first-order chi connectivity index (χ1) is 20.3. The van der Waals surface area contributed by atoms with Crippen molar-refractivity contribution in [2.45, 2.75) is 49.9 Å². The van der Waals surface area contributed by atoms with Gasteiger partial charge in [0.15, 0.2) is 0 Å². The molecule has 0 spiro atoms. The summed E-state index contributed by atoms with van der Waals surface area (Å²) >= 11 is 0. The minimum absolute atomic E-state index is 0.0474. The lowest BCUT2D eigenvalue weighted by atomic mass is 10.0. The van der Waals surface area contributed by atoms with Gasteiger partial charge in [0.1, 0.15) is 23.9 Å². The zero-order valence-electron chi connectivity index (χ0n) is 22.8. The number of aromatic nitrogens is 1. The van der Waals surface area contributed by atoms with Crippen LogP contribution >= 0.6 is 0 Å². The molecule has 3 aromatic rings. The summed E-state index contributed by atoms with van der Waals surface area (Å²) in [5, 5.41) is 36.2. The number of aromatic hydroxyl groups is 1. The standard InChI is InChI=1S/C28H32N6O9/c29-18(11-23(30)36)25(39)32-20(10-15-13-31-19-4-2-1-3-17(15)19)26(40)33-21(12-24(37)38)27(41)34-22(28(42)43)9-14-5-7-16(35)8-6-14/h1-8,13,18,20-22,31,35H,9-12,29H2,(H2,30,36)(H,32,39)(H,33,40)(H,34,41)(H,37,38)(H,42,43). The number of primary amides is 1. The zero-order chi connectivity index (χ0) is 31.7. The molecule has 0 saturated carbocycles. The summed E-state index contributed by atoms with van der Waals surface area (Å²) < 4.78 is 0. The summed E-state index contributed by atoms with van der Waals surface area (Å²) in [6.45, 7) is 0. The number of rotatable bonds is 15. The largest absolute Gasteiger partial charge is 0.508 e. The van der Waals surface area contributed by atoms with Crippen LogP contribution in [0.5, 0.6) is 5.75 Å². The smallest absolute Gasteiger partial charge is 0.326 e. The molecular weight excluding hydrogens is 564 g/mol. The summed E-state index contributed by atoms with van der Waals surface area (Å²) in [6, 6.07) is 6.70. The van der Waals surface area contributed by atoms with Gasteiger partial charge in [0.25, 0.3) is 0 Å². The van der Waals surface area contributed by atoms with Crippen molar-refractivity contribution in [2.75, 3.05) is 0 Å². The van der Waals surface area contributed by atoms with Crippen molar-refractivity contribution in [1.29, 1.82) is 0 Å². The van der Waals surface area contributed by atoms with Gasteiger partial charge in [-0.05, 0) is 29.3 Å². The number of amides is 4. The highest BCUT2D eigenvalue weighted by atomic mass is 16.4. The lowest BCUT2D eigenvalue weighted by molar-refractivity contribution is -0.143. The van der Waals surface area contributed by atoms with Crippen molar-refractivity contribution in [3.05, 3.63) is 65.9 Å². The summed E-state index contributed by atoms with van der Waals surface area (Å²) in [4.78, 5) is 77.0. The van der Waals surface area contributed by atoms with E-state index in [0.717, 1.165) is 10.9 Å². The van der Waals surface area contributed by atoms with Crippen LogP contribution < -0.4 is 27.4 Å². The molecule has 4 unspecified atom stereocenters. The Morgan fingerprint density at radius 3 is 2.00 bits per heavy atom. The number of para-hydroxylation sites is 1. The van der Waals surface area contributed by atoms with Gasteiger partial charge in [-0.3, -0.25) is 24.0 Å². The summed E-state index contributed by atoms with van der Waals surface area (Å²) in [6.07, 6.45) is -0.118. The van der Waals surface area contributed by atoms with Crippen molar-refractivity contribution < 1.29 is 44.1 Å². The SMILES string of the molecule is NC(=O)CC(N)C(=O)NC(Cc1c[nH]c2ccccc12)C(=O)NC(CC(=O)O)C(=O)NC(Cc1ccc(O)cc1)C(=O)O. The number of carbonyl (C=O) groups excluding carboxylic acids is 4. The van der Waals surface area contributed by atoms with Gasteiger partial charge in [-0.15, -0.1) is 0 Å². The summed E-state index contributed by atoms with van der Waals surface area (Å²) in [7, 11) is 0. The van der Waals surface area contributed by atoms with E-state index in [0.29, 0.717) is 11.1 Å².